The Hall–Kier alpha value is 0.886. The van der Waals surface area contributed by atoms with E-state index in [-0.39, 0.29) is 16.8 Å². The van der Waals surface area contributed by atoms with E-state index in [1.807, 2.05) is 0 Å². The van der Waals surface area contributed by atoms with Crippen molar-refractivity contribution in [1.82, 2.24) is 0 Å². The maximum Gasteiger partial charge on any atom is 2.00 e. The summed E-state index contributed by atoms with van der Waals surface area (Å²) in [6, 6.07) is 0. The molecule has 0 saturated carbocycles. The third-order valence-electron chi connectivity index (χ3n) is 17.4. The van der Waals surface area contributed by atoms with E-state index in [0.717, 1.165) is 51.4 Å². The van der Waals surface area contributed by atoms with Gasteiger partial charge in [0, 0.05) is 14.7 Å². The van der Waals surface area contributed by atoms with Gasteiger partial charge in [-0.2, -0.15) is 0 Å². The van der Waals surface area contributed by atoms with Crippen LogP contribution < -0.4 is 9.79 Å². The Morgan fingerprint density at radius 1 is 0.165 bits per heavy atom. The monoisotopic (exact) mass is 1200 g/mol. The molecule has 0 N–H and O–H groups in total. The van der Waals surface area contributed by atoms with Crippen LogP contribution in [0.4, 0.5) is 0 Å². The minimum absolute atomic E-state index is 0. The molecule has 0 aromatic rings. The van der Waals surface area contributed by atoms with Gasteiger partial charge in [-0.05, 0) is 50.3 Å². The van der Waals surface area contributed by atoms with Crippen LogP contribution in [-0.2, 0) is 25.9 Å². The molecule has 4 nitrogen and oxygen atoms in total. The van der Waals surface area contributed by atoms with Crippen molar-refractivity contribution in [3.05, 3.63) is 0 Å². The van der Waals surface area contributed by atoms with Gasteiger partial charge in [-0.1, -0.05) is 413 Å². The zero-order chi connectivity index (χ0) is 57.1. The second kappa shape index (κ2) is 73.1. The second-order valence-corrected chi connectivity index (χ2v) is 30.8. The fourth-order valence-corrected chi connectivity index (χ4v) is 15.1. The van der Waals surface area contributed by atoms with Crippen LogP contribution in [0.3, 0.4) is 0 Å². The molecule has 7 heteroatoms. The van der Waals surface area contributed by atoms with Crippen LogP contribution in [0.25, 0.3) is 0 Å². The van der Waals surface area contributed by atoms with E-state index < -0.39 is 14.7 Å². The first-order valence-corrected chi connectivity index (χ1v) is 40.8. The van der Waals surface area contributed by atoms with E-state index in [9.17, 15) is 18.9 Å². The minimum atomic E-state index is -3.12. The van der Waals surface area contributed by atoms with Crippen molar-refractivity contribution in [1.29, 1.82) is 0 Å². The molecule has 0 spiro atoms. The number of hydrogen-bond donors (Lipinski definition) is 0. The standard InChI is InChI=1S/2C36H75O2P.Co/c2*1-3-5-7-9-11-13-15-17-19-21-23-25-27-29-31-33-35-39(37,38)36-34-32-30-28-26-24-22-20-18-16-14-12-10-8-6-4-2;/h2*3-36H2,1-2H3,(H,37,38);/q;;+2/p-2. The van der Waals surface area contributed by atoms with Crippen LogP contribution in [0.15, 0.2) is 0 Å². The zero-order valence-corrected chi connectivity index (χ0v) is 57.8. The van der Waals surface area contributed by atoms with Gasteiger partial charge in [0.15, 0.2) is 0 Å². The molecule has 0 saturated heterocycles. The van der Waals surface area contributed by atoms with Gasteiger partial charge >= 0.3 is 16.8 Å². The molecule has 79 heavy (non-hydrogen) atoms. The van der Waals surface area contributed by atoms with E-state index in [1.54, 1.807) is 0 Å². The van der Waals surface area contributed by atoms with Crippen molar-refractivity contribution in [2.45, 2.75) is 439 Å². The van der Waals surface area contributed by atoms with Gasteiger partial charge in [0.25, 0.3) is 0 Å². The van der Waals surface area contributed by atoms with Crippen LogP contribution in [0, 0.1) is 0 Å². The van der Waals surface area contributed by atoms with Crippen molar-refractivity contribution in [3.8, 4) is 0 Å². The third kappa shape index (κ3) is 78.9. The van der Waals surface area contributed by atoms with E-state index >= 15 is 0 Å². The molecule has 0 aliphatic rings. The number of unbranched alkanes of at least 4 members (excludes halogenated alkanes) is 60. The maximum atomic E-state index is 12.4. The van der Waals surface area contributed by atoms with Crippen molar-refractivity contribution in [2.24, 2.45) is 0 Å². The van der Waals surface area contributed by atoms with Crippen molar-refractivity contribution in [3.63, 3.8) is 0 Å². The van der Waals surface area contributed by atoms with Gasteiger partial charge in [-0.3, -0.25) is 0 Å². The normalized spacial score (nSPS) is 11.8. The first-order valence-electron chi connectivity index (χ1n) is 36.8. The summed E-state index contributed by atoms with van der Waals surface area (Å²) in [5.74, 6) is 0. The largest absolute Gasteiger partial charge is 2.00 e. The molecule has 0 heterocycles. The van der Waals surface area contributed by atoms with E-state index in [4.69, 9.17) is 0 Å². The predicted octanol–water partition coefficient (Wildman–Crippen LogP) is 26.3. The molecular weight excluding hydrogens is 1050 g/mol. The summed E-state index contributed by atoms with van der Waals surface area (Å²) in [7, 11) is -6.24. The molecule has 0 fully saturated rings. The first-order chi connectivity index (χ1) is 38.2. The number of hydrogen-bond acceptors (Lipinski definition) is 4. The summed E-state index contributed by atoms with van der Waals surface area (Å²) < 4.78 is 24.7. The predicted molar refractivity (Wildman–Crippen MR) is 353 cm³/mol. The van der Waals surface area contributed by atoms with Crippen LogP contribution in [0.1, 0.15) is 439 Å². The molecule has 1 radical (unpaired) electrons. The fraction of sp³-hybridized carbons (Fsp3) is 1.00. The Kier molecular flexibility index (Phi) is 77.9. The third-order valence-corrected chi connectivity index (χ3v) is 21.4. The molecule has 0 bridgehead atoms. The summed E-state index contributed by atoms with van der Waals surface area (Å²) in [4.78, 5) is 24.7. The van der Waals surface area contributed by atoms with Gasteiger partial charge in [0.1, 0.15) is 0 Å². The Balaban J connectivity index is -0.00000144. The molecule has 0 aromatic heterocycles. The molecule has 0 unspecified atom stereocenters. The Bertz CT molecular complexity index is 1000. The van der Waals surface area contributed by atoms with E-state index in [1.165, 1.54) is 360 Å². The van der Waals surface area contributed by atoms with Gasteiger partial charge in [-0.25, -0.2) is 0 Å². The molecule has 0 aliphatic heterocycles. The summed E-state index contributed by atoms with van der Waals surface area (Å²) >= 11 is 0. The Labute approximate surface area is 510 Å². The molecule has 479 valence electrons. The maximum absolute atomic E-state index is 12.4. The Morgan fingerprint density at radius 3 is 0.329 bits per heavy atom. The molecular formula is C72H148CoO4P2. The van der Waals surface area contributed by atoms with Gasteiger partial charge < -0.3 is 18.9 Å². The summed E-state index contributed by atoms with van der Waals surface area (Å²) in [5.41, 5.74) is 0. The minimum Gasteiger partial charge on any atom is -0.799 e. The average Bonchev–Trinajstić information content (AvgIpc) is 3.42. The molecule has 0 rings (SSSR count). The SMILES string of the molecule is CCCCCCCCCCCCCCCCCCP(=O)([O-])CCCCCCCCCCCCCCCCCC.CCCCCCCCCCCCCCCCCCP(=O)([O-])CCCCCCCCCCCCCCCCCC.[Co+2]. The van der Waals surface area contributed by atoms with E-state index in [2.05, 4.69) is 27.7 Å². The molecule has 0 amide bonds. The first kappa shape index (κ1) is 84.1. The number of rotatable bonds is 68. The molecule has 0 atom stereocenters. The van der Waals surface area contributed by atoms with Crippen molar-refractivity contribution in [2.75, 3.05) is 24.6 Å². The topological polar surface area (TPSA) is 80.3 Å². The molecule has 0 aliphatic carbocycles. The summed E-state index contributed by atoms with van der Waals surface area (Å²) in [5, 5.41) is 0. The van der Waals surface area contributed by atoms with Crippen LogP contribution >= 0.6 is 14.7 Å². The smallest absolute Gasteiger partial charge is 0.799 e. The quantitative estimate of drug-likeness (QED) is 0.0449. The van der Waals surface area contributed by atoms with Crippen molar-refractivity contribution >= 4 is 14.7 Å². The Morgan fingerprint density at radius 2 is 0.241 bits per heavy atom. The van der Waals surface area contributed by atoms with Crippen LogP contribution in [-0.4, -0.2) is 24.6 Å². The molecule has 0 aromatic carbocycles. The fourth-order valence-electron chi connectivity index (χ4n) is 11.8. The van der Waals surface area contributed by atoms with E-state index in [0.29, 0.717) is 24.6 Å². The van der Waals surface area contributed by atoms with Crippen LogP contribution in [0.5, 0.6) is 0 Å². The summed E-state index contributed by atoms with van der Waals surface area (Å²) in [6.07, 6.45) is 87.3. The summed E-state index contributed by atoms with van der Waals surface area (Å²) in [6.45, 7) is 9.14. The second-order valence-electron chi connectivity index (χ2n) is 25.7. The average molecular weight is 1200 g/mol. The van der Waals surface area contributed by atoms with Gasteiger partial charge in [0.05, 0.1) is 0 Å². The van der Waals surface area contributed by atoms with Crippen molar-refractivity contribution < 1.29 is 35.7 Å². The van der Waals surface area contributed by atoms with Gasteiger partial charge in [-0.15, -0.1) is 0 Å². The van der Waals surface area contributed by atoms with Gasteiger partial charge in [0.2, 0.25) is 0 Å². The zero-order valence-electron chi connectivity index (χ0n) is 54.9. The van der Waals surface area contributed by atoms with Crippen LogP contribution in [0.2, 0.25) is 0 Å².